The van der Waals surface area contributed by atoms with Crippen molar-refractivity contribution in [2.75, 3.05) is 18.5 Å². The summed E-state index contributed by atoms with van der Waals surface area (Å²) in [4.78, 5) is -0.650. The molecule has 0 saturated heterocycles. The molecule has 0 heterocycles. The first-order valence-electron chi connectivity index (χ1n) is 5.39. The fourth-order valence-corrected chi connectivity index (χ4v) is 2.78. The molecule has 0 amide bonds. The molecule has 0 fully saturated rings. The van der Waals surface area contributed by atoms with Crippen LogP contribution in [0.5, 0.6) is 0 Å². The third-order valence-electron chi connectivity index (χ3n) is 2.62. The van der Waals surface area contributed by atoms with Gasteiger partial charge < -0.3 is 5.73 Å². The summed E-state index contributed by atoms with van der Waals surface area (Å²) >= 11 is 1.47. The van der Waals surface area contributed by atoms with E-state index in [4.69, 9.17) is 5.73 Å². The van der Waals surface area contributed by atoms with Crippen molar-refractivity contribution in [2.24, 2.45) is 0 Å². The van der Waals surface area contributed by atoms with Gasteiger partial charge in [-0.05, 0) is 32.2 Å². The highest BCUT2D eigenvalue weighted by atomic mass is 32.2. The molecule has 0 aromatic heterocycles. The highest BCUT2D eigenvalue weighted by Crippen LogP contribution is 2.24. The number of rotatable bonds is 5. The zero-order valence-electron chi connectivity index (χ0n) is 10.8. The summed E-state index contributed by atoms with van der Waals surface area (Å²) in [5.74, 6) is -2.25. The van der Waals surface area contributed by atoms with E-state index < -0.39 is 32.2 Å². The molecule has 19 heavy (non-hydrogen) atoms. The Kier molecular flexibility index (Phi) is 4.81. The lowest BCUT2D eigenvalue weighted by Crippen LogP contribution is -2.36. The summed E-state index contributed by atoms with van der Waals surface area (Å²) in [5.41, 5.74) is 4.34. The average molecular weight is 310 g/mol. The van der Waals surface area contributed by atoms with Crippen LogP contribution in [0.3, 0.4) is 0 Å². The quantitative estimate of drug-likeness (QED) is 0.816. The molecule has 8 heteroatoms. The standard InChI is InChI=1S/C11H16F2N2O2S2/c1-11(2,18-3)6-15-19(16,17)8-5-4-7(12)10(14)9(8)13/h4-5,15H,6,14H2,1-3H3. The van der Waals surface area contributed by atoms with E-state index in [2.05, 4.69) is 4.72 Å². The predicted molar refractivity (Wildman–Crippen MR) is 73.6 cm³/mol. The molecular weight excluding hydrogens is 294 g/mol. The molecule has 0 bridgehead atoms. The molecule has 1 aromatic rings. The Morgan fingerprint density at radius 2 is 1.95 bits per heavy atom. The average Bonchev–Trinajstić information content (AvgIpc) is 2.34. The van der Waals surface area contributed by atoms with Crippen LogP contribution in [0.4, 0.5) is 14.5 Å². The van der Waals surface area contributed by atoms with Crippen molar-refractivity contribution < 1.29 is 17.2 Å². The topological polar surface area (TPSA) is 72.2 Å². The second-order valence-electron chi connectivity index (χ2n) is 4.56. The van der Waals surface area contributed by atoms with Gasteiger partial charge in [-0.15, -0.1) is 0 Å². The summed E-state index contributed by atoms with van der Waals surface area (Å²) in [7, 11) is -4.06. The summed E-state index contributed by atoms with van der Waals surface area (Å²) in [6, 6.07) is 1.68. The molecule has 3 N–H and O–H groups in total. The number of halogens is 2. The van der Waals surface area contributed by atoms with E-state index >= 15 is 0 Å². The van der Waals surface area contributed by atoms with Crippen molar-refractivity contribution in [3.8, 4) is 0 Å². The number of nitrogens with two attached hydrogens (primary N) is 1. The lowest BCUT2D eigenvalue weighted by Gasteiger charge is -2.22. The maximum Gasteiger partial charge on any atom is 0.243 e. The van der Waals surface area contributed by atoms with Gasteiger partial charge in [0.1, 0.15) is 16.4 Å². The molecule has 0 aliphatic heterocycles. The third-order valence-corrected chi connectivity index (χ3v) is 5.29. The molecule has 1 aromatic carbocycles. The van der Waals surface area contributed by atoms with Crippen LogP contribution >= 0.6 is 11.8 Å². The van der Waals surface area contributed by atoms with Crippen molar-refractivity contribution >= 4 is 27.5 Å². The zero-order valence-corrected chi connectivity index (χ0v) is 12.5. The number of thioether (sulfide) groups is 1. The van der Waals surface area contributed by atoms with Gasteiger partial charge in [-0.2, -0.15) is 11.8 Å². The van der Waals surface area contributed by atoms with Crippen LogP contribution in [0.25, 0.3) is 0 Å². The monoisotopic (exact) mass is 310 g/mol. The number of hydrogen-bond donors (Lipinski definition) is 2. The van der Waals surface area contributed by atoms with Crippen LogP contribution in [-0.4, -0.2) is 26.0 Å². The predicted octanol–water partition coefficient (Wildman–Crippen LogP) is 1.97. The van der Waals surface area contributed by atoms with Crippen molar-refractivity contribution in [2.45, 2.75) is 23.5 Å². The maximum absolute atomic E-state index is 13.7. The number of sulfonamides is 1. The summed E-state index contributed by atoms with van der Waals surface area (Å²) in [6.45, 7) is 3.80. The highest BCUT2D eigenvalue weighted by Gasteiger charge is 2.25. The highest BCUT2D eigenvalue weighted by molar-refractivity contribution is 8.00. The van der Waals surface area contributed by atoms with Gasteiger partial charge in [0.05, 0.1) is 0 Å². The van der Waals surface area contributed by atoms with Crippen LogP contribution in [0, 0.1) is 11.6 Å². The van der Waals surface area contributed by atoms with E-state index in [1.807, 2.05) is 20.1 Å². The van der Waals surface area contributed by atoms with Crippen molar-refractivity contribution in [3.05, 3.63) is 23.8 Å². The van der Waals surface area contributed by atoms with Crippen molar-refractivity contribution in [1.82, 2.24) is 4.72 Å². The minimum Gasteiger partial charge on any atom is -0.394 e. The summed E-state index contributed by atoms with van der Waals surface area (Å²) in [6.07, 6.45) is 1.84. The largest absolute Gasteiger partial charge is 0.394 e. The van der Waals surface area contributed by atoms with E-state index in [0.717, 1.165) is 12.1 Å². The molecule has 1 rings (SSSR count). The molecule has 0 radical (unpaired) electrons. The van der Waals surface area contributed by atoms with Gasteiger partial charge in [0.25, 0.3) is 0 Å². The fourth-order valence-electron chi connectivity index (χ4n) is 1.18. The Labute approximate surface area is 115 Å². The first-order chi connectivity index (χ1) is 8.60. The Balaban J connectivity index is 3.06. The minimum atomic E-state index is -4.06. The smallest absolute Gasteiger partial charge is 0.243 e. The Morgan fingerprint density at radius 3 is 2.47 bits per heavy atom. The first kappa shape index (κ1) is 16.2. The van der Waals surface area contributed by atoms with Gasteiger partial charge in [0, 0.05) is 11.3 Å². The molecule has 0 aliphatic rings. The fraction of sp³-hybridized carbons (Fsp3) is 0.455. The normalized spacial score (nSPS) is 12.7. The lowest BCUT2D eigenvalue weighted by molar-refractivity contribution is 0.543. The van der Waals surface area contributed by atoms with Gasteiger partial charge in [-0.1, -0.05) is 0 Å². The Hall–Kier alpha value is -0.860. The van der Waals surface area contributed by atoms with E-state index in [1.165, 1.54) is 11.8 Å². The van der Waals surface area contributed by atoms with Crippen molar-refractivity contribution in [3.63, 3.8) is 0 Å². The van der Waals surface area contributed by atoms with Gasteiger partial charge >= 0.3 is 0 Å². The number of nitrogen functional groups attached to an aromatic ring is 1. The van der Waals surface area contributed by atoms with Crippen LogP contribution in [0.2, 0.25) is 0 Å². The number of nitrogens with one attached hydrogen (secondary N) is 1. The van der Waals surface area contributed by atoms with E-state index in [1.54, 1.807) is 0 Å². The SMILES string of the molecule is CSC(C)(C)CNS(=O)(=O)c1ccc(F)c(N)c1F. The number of hydrogen-bond acceptors (Lipinski definition) is 4. The number of benzene rings is 1. The van der Waals surface area contributed by atoms with Gasteiger partial charge in [-0.3, -0.25) is 0 Å². The first-order valence-corrected chi connectivity index (χ1v) is 8.10. The van der Waals surface area contributed by atoms with Crippen LogP contribution in [0.1, 0.15) is 13.8 Å². The molecule has 0 aliphatic carbocycles. The molecule has 4 nitrogen and oxygen atoms in total. The molecule has 108 valence electrons. The minimum absolute atomic E-state index is 0.118. The maximum atomic E-state index is 13.7. The summed E-state index contributed by atoms with van der Waals surface area (Å²) < 4.78 is 52.5. The second kappa shape index (κ2) is 5.64. The van der Waals surface area contributed by atoms with E-state index in [0.29, 0.717) is 0 Å². The van der Waals surface area contributed by atoms with Crippen molar-refractivity contribution in [1.29, 1.82) is 0 Å². The number of anilines is 1. The third kappa shape index (κ3) is 3.80. The summed E-state index contributed by atoms with van der Waals surface area (Å²) in [5, 5.41) is 0. The Bertz CT molecular complexity index is 574. The molecule has 0 spiro atoms. The van der Waals surface area contributed by atoms with Crippen LogP contribution in [0.15, 0.2) is 17.0 Å². The second-order valence-corrected chi connectivity index (χ2v) is 7.81. The van der Waals surface area contributed by atoms with Crippen LogP contribution in [-0.2, 0) is 10.0 Å². The van der Waals surface area contributed by atoms with E-state index in [9.17, 15) is 17.2 Å². The Morgan fingerprint density at radius 1 is 1.37 bits per heavy atom. The van der Waals surface area contributed by atoms with Gasteiger partial charge in [-0.25, -0.2) is 21.9 Å². The molecule has 0 atom stereocenters. The molecular formula is C11H16F2N2O2S2. The zero-order chi connectivity index (χ0) is 14.8. The van der Waals surface area contributed by atoms with Gasteiger partial charge in [0.2, 0.25) is 10.0 Å². The van der Waals surface area contributed by atoms with E-state index in [-0.39, 0.29) is 11.3 Å². The lowest BCUT2D eigenvalue weighted by atomic mass is 10.2. The van der Waals surface area contributed by atoms with Gasteiger partial charge in [0.15, 0.2) is 5.82 Å². The molecule has 0 saturated carbocycles. The van der Waals surface area contributed by atoms with Crippen LogP contribution < -0.4 is 10.5 Å². The molecule has 0 unspecified atom stereocenters.